The first-order chi connectivity index (χ1) is 14.1. The molecule has 0 saturated heterocycles. The van der Waals surface area contributed by atoms with Gasteiger partial charge < -0.3 is 14.8 Å². The number of nitrogens with zero attached hydrogens (tertiary/aromatic N) is 4. The summed E-state index contributed by atoms with van der Waals surface area (Å²) < 4.78 is 14.4. The highest BCUT2D eigenvalue weighted by Crippen LogP contribution is 2.37. The highest BCUT2D eigenvalue weighted by molar-refractivity contribution is 9.10. The van der Waals surface area contributed by atoms with Crippen LogP contribution in [0.3, 0.4) is 0 Å². The Morgan fingerprint density at radius 1 is 1.10 bits per heavy atom. The molecule has 154 valence electrons. The zero-order valence-electron chi connectivity index (χ0n) is 16.4. The molecule has 0 saturated carbocycles. The van der Waals surface area contributed by atoms with E-state index in [0.29, 0.717) is 42.2 Å². The zero-order valence-corrected chi connectivity index (χ0v) is 18.7. The molecule has 7 nitrogen and oxygen atoms in total. The lowest BCUT2D eigenvalue weighted by molar-refractivity contribution is 0.267. The van der Waals surface area contributed by atoms with Gasteiger partial charge in [-0.25, -0.2) is 4.68 Å². The first-order valence-electron chi connectivity index (χ1n) is 9.43. The van der Waals surface area contributed by atoms with Crippen LogP contribution in [0.15, 0.2) is 40.9 Å². The smallest absolute Gasteiger partial charge is 0.243 e. The fourth-order valence-corrected chi connectivity index (χ4v) is 3.47. The molecule has 3 rings (SSSR count). The van der Waals surface area contributed by atoms with Gasteiger partial charge in [-0.2, -0.15) is 0 Å². The van der Waals surface area contributed by atoms with Gasteiger partial charge in [0.05, 0.1) is 11.1 Å². The maximum atomic E-state index is 6.03. The number of ether oxygens (including phenoxy) is 2. The van der Waals surface area contributed by atoms with Crippen LogP contribution in [-0.4, -0.2) is 26.8 Å². The van der Waals surface area contributed by atoms with Crippen molar-refractivity contribution in [2.24, 2.45) is 0 Å². The molecule has 0 radical (unpaired) electrons. The summed E-state index contributed by atoms with van der Waals surface area (Å²) in [7, 11) is 0. The molecule has 0 aliphatic rings. The first kappa shape index (κ1) is 21.4. The highest BCUT2D eigenvalue weighted by atomic mass is 79.9. The van der Waals surface area contributed by atoms with Gasteiger partial charge in [-0.05, 0) is 75.1 Å². The molecule has 0 spiro atoms. The normalized spacial score (nSPS) is 10.8. The third-order valence-corrected chi connectivity index (χ3v) is 4.92. The second kappa shape index (κ2) is 10.5. The zero-order chi connectivity index (χ0) is 20.6. The van der Waals surface area contributed by atoms with Crippen LogP contribution < -0.4 is 14.8 Å². The van der Waals surface area contributed by atoms with Gasteiger partial charge in [0.1, 0.15) is 6.61 Å². The number of hydrogen-bond donors (Lipinski definition) is 1. The molecular weight excluding hydrogens is 458 g/mol. The van der Waals surface area contributed by atoms with Crippen LogP contribution in [0, 0.1) is 0 Å². The van der Waals surface area contributed by atoms with Gasteiger partial charge in [0.2, 0.25) is 5.95 Å². The topological polar surface area (TPSA) is 74.1 Å². The molecule has 0 aliphatic heterocycles. The van der Waals surface area contributed by atoms with E-state index in [4.69, 9.17) is 21.1 Å². The van der Waals surface area contributed by atoms with E-state index >= 15 is 0 Å². The quantitative estimate of drug-likeness (QED) is 0.436. The predicted octanol–water partition coefficient (Wildman–Crippen LogP) is 5.09. The van der Waals surface area contributed by atoms with Gasteiger partial charge in [0, 0.05) is 18.1 Å². The number of aryl methyl sites for hydroxylation is 1. The van der Waals surface area contributed by atoms with Crippen molar-refractivity contribution in [3.63, 3.8) is 0 Å². The third kappa shape index (κ3) is 5.83. The molecule has 0 atom stereocenters. The molecule has 1 N–H and O–H groups in total. The lowest BCUT2D eigenvalue weighted by Gasteiger charge is -2.16. The minimum absolute atomic E-state index is 0.416. The fraction of sp³-hybridized carbons (Fsp3) is 0.350. The Hall–Kier alpha value is -2.32. The lowest BCUT2D eigenvalue weighted by atomic mass is 10.2. The molecule has 9 heteroatoms. The third-order valence-electron chi connectivity index (χ3n) is 4.08. The van der Waals surface area contributed by atoms with Crippen molar-refractivity contribution in [2.45, 2.75) is 40.0 Å². The van der Waals surface area contributed by atoms with Crippen LogP contribution in [-0.2, 0) is 19.7 Å². The number of halogens is 2. The molecule has 3 aromatic rings. The number of aromatic nitrogens is 4. The molecule has 1 aromatic heterocycles. The standard InChI is InChI=1S/C20H23BrClN5O2/c1-3-9-27-20(24-25-26-27)23-12-15-10-17(21)19(18(11-15)28-4-2)29-13-14-5-7-16(22)8-6-14/h5-8,10-11H,3-4,9,12-13H2,1-2H3,(H,23,24,26). The Kier molecular flexibility index (Phi) is 7.71. The summed E-state index contributed by atoms with van der Waals surface area (Å²) in [5.74, 6) is 1.99. The van der Waals surface area contributed by atoms with Gasteiger partial charge in [0.15, 0.2) is 11.5 Å². The molecule has 0 bridgehead atoms. The number of rotatable bonds is 10. The molecule has 0 amide bonds. The average Bonchev–Trinajstić information content (AvgIpc) is 3.15. The van der Waals surface area contributed by atoms with Crippen molar-refractivity contribution in [1.29, 1.82) is 0 Å². The minimum Gasteiger partial charge on any atom is -0.490 e. The van der Waals surface area contributed by atoms with E-state index in [2.05, 4.69) is 43.7 Å². The Morgan fingerprint density at radius 2 is 1.90 bits per heavy atom. The van der Waals surface area contributed by atoms with E-state index in [0.717, 1.165) is 28.6 Å². The van der Waals surface area contributed by atoms with Crippen molar-refractivity contribution in [2.75, 3.05) is 11.9 Å². The van der Waals surface area contributed by atoms with Crippen molar-refractivity contribution >= 4 is 33.5 Å². The number of nitrogens with one attached hydrogen (secondary N) is 1. The molecular formula is C20H23BrClN5O2. The Morgan fingerprint density at radius 3 is 2.62 bits per heavy atom. The predicted molar refractivity (Wildman–Crippen MR) is 117 cm³/mol. The summed E-state index contributed by atoms with van der Waals surface area (Å²) in [6, 6.07) is 11.5. The van der Waals surface area contributed by atoms with Crippen molar-refractivity contribution in [3.8, 4) is 11.5 Å². The Labute approximate surface area is 183 Å². The second-order valence-corrected chi connectivity index (χ2v) is 7.62. The van der Waals surface area contributed by atoms with Crippen LogP contribution in [0.5, 0.6) is 11.5 Å². The molecule has 0 unspecified atom stereocenters. The molecule has 0 aliphatic carbocycles. The van der Waals surface area contributed by atoms with E-state index in [9.17, 15) is 0 Å². The highest BCUT2D eigenvalue weighted by Gasteiger charge is 2.14. The minimum atomic E-state index is 0.416. The van der Waals surface area contributed by atoms with E-state index in [-0.39, 0.29) is 0 Å². The molecule has 0 fully saturated rings. The Balaban J connectivity index is 1.73. The van der Waals surface area contributed by atoms with Crippen LogP contribution in [0.1, 0.15) is 31.4 Å². The summed E-state index contributed by atoms with van der Waals surface area (Å²) in [4.78, 5) is 0. The number of hydrogen-bond acceptors (Lipinski definition) is 6. The SMILES string of the molecule is CCCn1nnnc1NCc1cc(Br)c(OCc2ccc(Cl)cc2)c(OCC)c1. The van der Waals surface area contributed by atoms with Crippen molar-refractivity contribution in [1.82, 2.24) is 20.2 Å². The van der Waals surface area contributed by atoms with Crippen LogP contribution in [0.25, 0.3) is 0 Å². The van der Waals surface area contributed by atoms with Crippen molar-refractivity contribution in [3.05, 3.63) is 57.0 Å². The number of tetrazole rings is 1. The van der Waals surface area contributed by atoms with Crippen LogP contribution in [0.2, 0.25) is 5.02 Å². The fourth-order valence-electron chi connectivity index (χ4n) is 2.74. The lowest BCUT2D eigenvalue weighted by Crippen LogP contribution is -2.09. The van der Waals surface area contributed by atoms with Crippen molar-refractivity contribution < 1.29 is 9.47 Å². The first-order valence-corrected chi connectivity index (χ1v) is 10.6. The Bertz CT molecular complexity index is 933. The number of benzene rings is 2. The van der Waals surface area contributed by atoms with E-state index in [1.165, 1.54) is 0 Å². The monoisotopic (exact) mass is 479 g/mol. The summed E-state index contributed by atoms with van der Waals surface area (Å²) >= 11 is 9.56. The van der Waals surface area contributed by atoms with E-state index in [1.807, 2.05) is 43.3 Å². The maximum absolute atomic E-state index is 6.03. The van der Waals surface area contributed by atoms with Gasteiger partial charge in [-0.15, -0.1) is 0 Å². The van der Waals surface area contributed by atoms with Gasteiger partial charge in [-0.1, -0.05) is 35.8 Å². The van der Waals surface area contributed by atoms with Gasteiger partial charge in [-0.3, -0.25) is 0 Å². The summed E-state index contributed by atoms with van der Waals surface area (Å²) in [5.41, 5.74) is 2.04. The van der Waals surface area contributed by atoms with Crippen LogP contribution >= 0.6 is 27.5 Å². The second-order valence-electron chi connectivity index (χ2n) is 6.33. The molecule has 29 heavy (non-hydrogen) atoms. The van der Waals surface area contributed by atoms with E-state index in [1.54, 1.807) is 4.68 Å². The molecule has 2 aromatic carbocycles. The largest absolute Gasteiger partial charge is 0.490 e. The van der Waals surface area contributed by atoms with Gasteiger partial charge in [0.25, 0.3) is 0 Å². The molecule has 1 heterocycles. The summed E-state index contributed by atoms with van der Waals surface area (Å²) in [6.07, 6.45) is 0.958. The average molecular weight is 481 g/mol. The summed E-state index contributed by atoms with van der Waals surface area (Å²) in [5, 5.41) is 15.7. The van der Waals surface area contributed by atoms with E-state index < -0.39 is 0 Å². The summed E-state index contributed by atoms with van der Waals surface area (Å²) in [6.45, 7) is 6.30. The van der Waals surface area contributed by atoms with Gasteiger partial charge >= 0.3 is 0 Å². The maximum Gasteiger partial charge on any atom is 0.243 e. The van der Waals surface area contributed by atoms with Crippen LogP contribution in [0.4, 0.5) is 5.95 Å². The number of anilines is 1.